The molecule has 1 heterocycles. The number of nitrogens with zero attached hydrogens (tertiary/aromatic N) is 3. The maximum atomic E-state index is 11.8. The Morgan fingerprint density at radius 2 is 2.06 bits per heavy atom. The SMILES string of the molecule is CC1=N[N]C(=NC(=O)C2=C(C(=O)O)CCC2)S1. The van der Waals surface area contributed by atoms with Gasteiger partial charge in [-0.25, -0.2) is 4.79 Å². The largest absolute Gasteiger partial charge is 0.478 e. The van der Waals surface area contributed by atoms with Crippen LogP contribution in [0.1, 0.15) is 26.2 Å². The number of rotatable bonds is 2. The summed E-state index contributed by atoms with van der Waals surface area (Å²) in [6, 6.07) is 0. The van der Waals surface area contributed by atoms with E-state index in [1.807, 2.05) is 0 Å². The van der Waals surface area contributed by atoms with Crippen LogP contribution >= 0.6 is 11.8 Å². The number of aliphatic imine (C=N–C) groups is 1. The van der Waals surface area contributed by atoms with Crippen LogP contribution in [0.5, 0.6) is 0 Å². The molecule has 0 spiro atoms. The molecule has 1 aliphatic heterocycles. The van der Waals surface area contributed by atoms with Gasteiger partial charge in [-0.05, 0) is 37.9 Å². The van der Waals surface area contributed by atoms with Crippen molar-refractivity contribution in [3.8, 4) is 0 Å². The molecule has 0 saturated heterocycles. The smallest absolute Gasteiger partial charge is 0.332 e. The summed E-state index contributed by atoms with van der Waals surface area (Å²) in [7, 11) is 0. The van der Waals surface area contributed by atoms with Crippen molar-refractivity contribution < 1.29 is 14.7 Å². The van der Waals surface area contributed by atoms with Gasteiger partial charge < -0.3 is 5.11 Å². The van der Waals surface area contributed by atoms with E-state index in [0.29, 0.717) is 24.8 Å². The van der Waals surface area contributed by atoms with E-state index in [-0.39, 0.29) is 10.7 Å². The number of amides is 1. The molecule has 2 aliphatic rings. The average Bonchev–Trinajstić information content (AvgIpc) is 2.86. The Bertz CT molecular complexity index is 479. The normalized spacial score (nSPS) is 21.7. The molecule has 1 amide bonds. The predicted octanol–water partition coefficient (Wildman–Crippen LogP) is 1.12. The fraction of sp³-hybridized carbons (Fsp3) is 0.400. The van der Waals surface area contributed by atoms with Crippen molar-refractivity contribution in [3.63, 3.8) is 0 Å². The third kappa shape index (κ3) is 2.55. The minimum atomic E-state index is -1.03. The first-order valence-electron chi connectivity index (χ1n) is 5.09. The lowest BCUT2D eigenvalue weighted by atomic mass is 10.1. The minimum Gasteiger partial charge on any atom is -0.478 e. The van der Waals surface area contributed by atoms with Gasteiger partial charge in [-0.15, -0.1) is 10.5 Å². The van der Waals surface area contributed by atoms with Gasteiger partial charge >= 0.3 is 5.97 Å². The van der Waals surface area contributed by atoms with Gasteiger partial charge in [0.2, 0.25) is 5.17 Å². The lowest BCUT2D eigenvalue weighted by Gasteiger charge is -1.98. The van der Waals surface area contributed by atoms with E-state index in [1.165, 1.54) is 11.8 Å². The second-order valence-electron chi connectivity index (χ2n) is 3.64. The fourth-order valence-electron chi connectivity index (χ4n) is 1.70. The number of carboxylic acids is 1. The van der Waals surface area contributed by atoms with E-state index in [2.05, 4.69) is 15.5 Å². The molecule has 1 N–H and O–H groups in total. The van der Waals surface area contributed by atoms with Crippen LogP contribution in [0.4, 0.5) is 0 Å². The van der Waals surface area contributed by atoms with Gasteiger partial charge in [0.15, 0.2) is 0 Å². The predicted molar refractivity (Wildman–Crippen MR) is 63.8 cm³/mol. The first-order valence-corrected chi connectivity index (χ1v) is 5.91. The molecule has 0 bridgehead atoms. The molecule has 0 aromatic rings. The van der Waals surface area contributed by atoms with Gasteiger partial charge in [0, 0.05) is 11.1 Å². The number of carbonyl (C=O) groups excluding carboxylic acids is 1. The number of aliphatic carboxylic acids is 1. The Hall–Kier alpha value is -1.63. The quantitative estimate of drug-likeness (QED) is 0.796. The van der Waals surface area contributed by atoms with E-state index in [9.17, 15) is 9.59 Å². The molecule has 0 unspecified atom stereocenters. The second kappa shape index (κ2) is 4.70. The van der Waals surface area contributed by atoms with E-state index >= 15 is 0 Å². The zero-order valence-electron chi connectivity index (χ0n) is 9.13. The molecule has 1 aliphatic carbocycles. The van der Waals surface area contributed by atoms with Crippen molar-refractivity contribution in [1.82, 2.24) is 5.43 Å². The summed E-state index contributed by atoms with van der Waals surface area (Å²) in [5.74, 6) is -1.54. The lowest BCUT2D eigenvalue weighted by molar-refractivity contribution is -0.133. The standard InChI is InChI=1S/C10H10N3O3S/c1-5-12-13-10(17-5)11-8(14)6-3-2-4-7(6)9(15)16/h2-4H2,1H3,(H,15,16). The maximum absolute atomic E-state index is 11.8. The van der Waals surface area contributed by atoms with Crippen LogP contribution in [0.25, 0.3) is 0 Å². The van der Waals surface area contributed by atoms with Crippen LogP contribution in [0, 0.1) is 0 Å². The van der Waals surface area contributed by atoms with Crippen LogP contribution in [-0.4, -0.2) is 27.2 Å². The Morgan fingerprint density at radius 3 is 2.65 bits per heavy atom. The average molecular weight is 252 g/mol. The maximum Gasteiger partial charge on any atom is 0.332 e. The molecule has 89 valence electrons. The first kappa shape index (κ1) is 11.8. The summed E-state index contributed by atoms with van der Waals surface area (Å²) in [5, 5.41) is 13.7. The number of amidine groups is 1. The van der Waals surface area contributed by atoms with Gasteiger partial charge in [0.05, 0.1) is 0 Å². The van der Waals surface area contributed by atoms with E-state index in [1.54, 1.807) is 6.92 Å². The van der Waals surface area contributed by atoms with Crippen LogP contribution in [0.2, 0.25) is 0 Å². The van der Waals surface area contributed by atoms with E-state index in [4.69, 9.17) is 5.11 Å². The number of carbonyl (C=O) groups is 2. The first-order chi connectivity index (χ1) is 8.08. The summed E-state index contributed by atoms with van der Waals surface area (Å²) in [6.07, 6.45) is 1.59. The van der Waals surface area contributed by atoms with Crippen molar-refractivity contribution >= 4 is 33.8 Å². The Balaban J connectivity index is 2.16. The molecule has 0 fully saturated rings. The summed E-state index contributed by atoms with van der Waals surface area (Å²) in [5.41, 5.74) is 4.19. The molecule has 6 nitrogen and oxygen atoms in total. The molecular formula is C10H10N3O3S. The molecule has 0 aromatic heterocycles. The third-order valence-corrected chi connectivity index (χ3v) is 3.18. The zero-order chi connectivity index (χ0) is 12.4. The molecule has 0 saturated carbocycles. The molecule has 7 heteroatoms. The monoisotopic (exact) mass is 252 g/mol. The number of hydrogen-bond acceptors (Lipinski definition) is 4. The Morgan fingerprint density at radius 1 is 1.35 bits per heavy atom. The summed E-state index contributed by atoms with van der Waals surface area (Å²) < 4.78 is 0. The molecular weight excluding hydrogens is 242 g/mol. The molecule has 0 aromatic carbocycles. The van der Waals surface area contributed by atoms with Gasteiger partial charge in [0.25, 0.3) is 5.91 Å². The third-order valence-electron chi connectivity index (χ3n) is 2.45. The van der Waals surface area contributed by atoms with E-state index < -0.39 is 11.9 Å². The number of thioether (sulfide) groups is 1. The second-order valence-corrected chi connectivity index (χ2v) is 4.80. The van der Waals surface area contributed by atoms with Gasteiger partial charge in [-0.2, -0.15) is 4.99 Å². The minimum absolute atomic E-state index is 0.181. The molecule has 1 radical (unpaired) electrons. The van der Waals surface area contributed by atoms with Crippen molar-refractivity contribution in [3.05, 3.63) is 11.1 Å². The highest BCUT2D eigenvalue weighted by molar-refractivity contribution is 8.26. The molecule has 0 atom stereocenters. The highest BCUT2D eigenvalue weighted by Gasteiger charge is 2.26. The highest BCUT2D eigenvalue weighted by Crippen LogP contribution is 2.27. The van der Waals surface area contributed by atoms with Crippen molar-refractivity contribution in [2.75, 3.05) is 0 Å². The van der Waals surface area contributed by atoms with Crippen molar-refractivity contribution in [2.24, 2.45) is 10.1 Å². The highest BCUT2D eigenvalue weighted by atomic mass is 32.2. The molecule has 17 heavy (non-hydrogen) atoms. The summed E-state index contributed by atoms with van der Waals surface area (Å²) in [4.78, 5) is 26.5. The zero-order valence-corrected chi connectivity index (χ0v) is 9.95. The van der Waals surface area contributed by atoms with Crippen molar-refractivity contribution in [1.29, 1.82) is 0 Å². The van der Waals surface area contributed by atoms with Crippen LogP contribution in [-0.2, 0) is 9.59 Å². The Labute approximate surface area is 102 Å². The number of hydrogen-bond donors (Lipinski definition) is 1. The van der Waals surface area contributed by atoms with Gasteiger partial charge in [-0.3, -0.25) is 4.79 Å². The fourth-order valence-corrected chi connectivity index (χ4v) is 2.26. The molecule has 2 rings (SSSR count). The van der Waals surface area contributed by atoms with Crippen LogP contribution < -0.4 is 5.43 Å². The Kier molecular flexibility index (Phi) is 3.28. The summed E-state index contributed by atoms with van der Waals surface area (Å²) in [6.45, 7) is 1.76. The topological polar surface area (TPSA) is 93.2 Å². The van der Waals surface area contributed by atoms with E-state index in [0.717, 1.165) is 5.04 Å². The van der Waals surface area contributed by atoms with Gasteiger partial charge in [0.1, 0.15) is 5.04 Å². The van der Waals surface area contributed by atoms with Crippen LogP contribution in [0.3, 0.4) is 0 Å². The van der Waals surface area contributed by atoms with Crippen molar-refractivity contribution in [2.45, 2.75) is 26.2 Å². The summed E-state index contributed by atoms with van der Waals surface area (Å²) >= 11 is 1.20. The lowest BCUT2D eigenvalue weighted by Crippen LogP contribution is -2.09. The van der Waals surface area contributed by atoms with Crippen LogP contribution in [0.15, 0.2) is 21.2 Å². The number of carboxylic acid groups (broad SMARTS) is 1. The van der Waals surface area contributed by atoms with Gasteiger partial charge in [-0.1, -0.05) is 0 Å².